The third kappa shape index (κ3) is 3.92. The molecule has 1 atom stereocenters. The summed E-state index contributed by atoms with van der Waals surface area (Å²) in [6.45, 7) is 5.48. The van der Waals surface area contributed by atoms with E-state index in [1.54, 1.807) is 0 Å². The van der Waals surface area contributed by atoms with Gasteiger partial charge in [-0.2, -0.15) is 0 Å². The van der Waals surface area contributed by atoms with Gasteiger partial charge in [0.1, 0.15) is 0 Å². The maximum atomic E-state index is 12.4. The van der Waals surface area contributed by atoms with Crippen molar-refractivity contribution in [1.82, 2.24) is 10.2 Å². The summed E-state index contributed by atoms with van der Waals surface area (Å²) in [5, 5.41) is 3.32. The Labute approximate surface area is 115 Å². The lowest BCUT2D eigenvalue weighted by Gasteiger charge is -2.30. The smallest absolute Gasteiger partial charge is 0.226 e. The molecular weight excluding hydrogens is 264 g/mol. The summed E-state index contributed by atoms with van der Waals surface area (Å²) in [6, 6.07) is 0. The number of carbonyl (C=O) groups excluding carboxylic acids is 1. The van der Waals surface area contributed by atoms with Crippen LogP contribution in [0.15, 0.2) is 0 Å². The molecule has 2 heterocycles. The molecule has 0 radical (unpaired) electrons. The molecule has 2 fully saturated rings. The Morgan fingerprint density at radius 1 is 1.26 bits per heavy atom. The van der Waals surface area contributed by atoms with Crippen molar-refractivity contribution in [3.05, 3.63) is 0 Å². The predicted molar refractivity (Wildman–Crippen MR) is 74.6 cm³/mol. The number of carbonyl (C=O) groups is 1. The van der Waals surface area contributed by atoms with Crippen LogP contribution in [0.2, 0.25) is 0 Å². The van der Waals surface area contributed by atoms with E-state index in [1.165, 1.54) is 0 Å². The van der Waals surface area contributed by atoms with E-state index in [4.69, 9.17) is 0 Å². The SMILES string of the molecule is CCN(CC1CCNCC1)C(=O)C1CCS(=O)(=O)C1. The molecule has 2 aliphatic rings. The van der Waals surface area contributed by atoms with Crippen LogP contribution in [0.3, 0.4) is 0 Å². The van der Waals surface area contributed by atoms with Gasteiger partial charge in [0.2, 0.25) is 5.91 Å². The molecule has 1 N–H and O–H groups in total. The first-order valence-corrected chi connectivity index (χ1v) is 9.04. The summed E-state index contributed by atoms with van der Waals surface area (Å²) in [6.07, 6.45) is 2.71. The van der Waals surface area contributed by atoms with Gasteiger partial charge >= 0.3 is 0 Å². The van der Waals surface area contributed by atoms with Crippen LogP contribution >= 0.6 is 0 Å². The molecule has 1 amide bonds. The molecular formula is C13H24N2O3S. The monoisotopic (exact) mass is 288 g/mol. The summed E-state index contributed by atoms with van der Waals surface area (Å²) in [4.78, 5) is 14.2. The van der Waals surface area contributed by atoms with Gasteiger partial charge in [0.25, 0.3) is 0 Å². The van der Waals surface area contributed by atoms with E-state index in [1.807, 2.05) is 11.8 Å². The molecule has 110 valence electrons. The Morgan fingerprint density at radius 2 is 1.95 bits per heavy atom. The van der Waals surface area contributed by atoms with E-state index in [0.29, 0.717) is 18.9 Å². The summed E-state index contributed by atoms with van der Waals surface area (Å²) >= 11 is 0. The molecule has 0 bridgehead atoms. The van der Waals surface area contributed by atoms with Crippen molar-refractivity contribution in [3.8, 4) is 0 Å². The van der Waals surface area contributed by atoms with Crippen molar-refractivity contribution < 1.29 is 13.2 Å². The predicted octanol–water partition coefficient (Wildman–Crippen LogP) is 0.269. The fraction of sp³-hybridized carbons (Fsp3) is 0.923. The van der Waals surface area contributed by atoms with Crippen LogP contribution in [0, 0.1) is 11.8 Å². The van der Waals surface area contributed by atoms with Gasteiger partial charge in [-0.3, -0.25) is 4.79 Å². The molecule has 0 spiro atoms. The Kier molecular flexibility index (Phi) is 4.84. The van der Waals surface area contributed by atoms with Crippen molar-refractivity contribution in [3.63, 3.8) is 0 Å². The maximum Gasteiger partial charge on any atom is 0.226 e. The molecule has 0 aromatic heterocycles. The number of hydrogen-bond donors (Lipinski definition) is 1. The van der Waals surface area contributed by atoms with Crippen LogP contribution in [0.25, 0.3) is 0 Å². The summed E-state index contributed by atoms with van der Waals surface area (Å²) in [7, 11) is -2.97. The molecule has 1 unspecified atom stereocenters. The Balaban J connectivity index is 1.91. The minimum atomic E-state index is -2.97. The van der Waals surface area contributed by atoms with E-state index in [2.05, 4.69) is 5.32 Å². The van der Waals surface area contributed by atoms with Crippen molar-refractivity contribution in [2.24, 2.45) is 11.8 Å². The molecule has 6 heteroatoms. The summed E-state index contributed by atoms with van der Waals surface area (Å²) in [5.41, 5.74) is 0. The van der Waals surface area contributed by atoms with Crippen LogP contribution in [0.1, 0.15) is 26.2 Å². The number of rotatable bonds is 4. The van der Waals surface area contributed by atoms with E-state index < -0.39 is 9.84 Å². The highest BCUT2D eigenvalue weighted by Gasteiger charge is 2.35. The second-order valence-electron chi connectivity index (χ2n) is 5.67. The Morgan fingerprint density at radius 3 is 2.47 bits per heavy atom. The minimum absolute atomic E-state index is 0.0436. The van der Waals surface area contributed by atoms with Gasteiger partial charge in [-0.1, -0.05) is 0 Å². The normalized spacial score (nSPS) is 27.3. The zero-order valence-electron chi connectivity index (χ0n) is 11.6. The Hall–Kier alpha value is -0.620. The van der Waals surface area contributed by atoms with Gasteiger partial charge in [0, 0.05) is 13.1 Å². The number of hydrogen-bond acceptors (Lipinski definition) is 4. The maximum absolute atomic E-state index is 12.4. The molecule has 19 heavy (non-hydrogen) atoms. The first-order valence-electron chi connectivity index (χ1n) is 7.22. The fourth-order valence-electron chi connectivity index (χ4n) is 3.00. The van der Waals surface area contributed by atoms with Crippen molar-refractivity contribution in [1.29, 1.82) is 0 Å². The topological polar surface area (TPSA) is 66.5 Å². The number of sulfone groups is 1. The van der Waals surface area contributed by atoms with Crippen LogP contribution in [0.4, 0.5) is 0 Å². The largest absolute Gasteiger partial charge is 0.342 e. The van der Waals surface area contributed by atoms with Gasteiger partial charge < -0.3 is 10.2 Å². The van der Waals surface area contributed by atoms with Gasteiger partial charge in [-0.05, 0) is 45.2 Å². The highest BCUT2D eigenvalue weighted by atomic mass is 32.2. The number of piperidine rings is 1. The highest BCUT2D eigenvalue weighted by molar-refractivity contribution is 7.91. The number of amides is 1. The number of nitrogens with one attached hydrogen (secondary N) is 1. The van der Waals surface area contributed by atoms with Crippen LogP contribution in [0.5, 0.6) is 0 Å². The third-order valence-electron chi connectivity index (χ3n) is 4.21. The lowest BCUT2D eigenvalue weighted by molar-refractivity contribution is -0.135. The summed E-state index contributed by atoms with van der Waals surface area (Å²) < 4.78 is 22.9. The van der Waals surface area contributed by atoms with Gasteiger partial charge in [-0.15, -0.1) is 0 Å². The van der Waals surface area contributed by atoms with Crippen molar-refractivity contribution in [2.45, 2.75) is 26.2 Å². The average Bonchev–Trinajstić information content (AvgIpc) is 2.77. The lowest BCUT2D eigenvalue weighted by atomic mass is 9.96. The quantitative estimate of drug-likeness (QED) is 0.806. The van der Waals surface area contributed by atoms with E-state index in [-0.39, 0.29) is 23.3 Å². The van der Waals surface area contributed by atoms with Crippen LogP contribution in [-0.4, -0.2) is 56.9 Å². The summed E-state index contributed by atoms with van der Waals surface area (Å²) in [5.74, 6) is 0.528. The molecule has 2 saturated heterocycles. The fourth-order valence-corrected chi connectivity index (χ4v) is 4.73. The highest BCUT2D eigenvalue weighted by Crippen LogP contribution is 2.22. The van der Waals surface area contributed by atoms with E-state index >= 15 is 0 Å². The zero-order valence-corrected chi connectivity index (χ0v) is 12.4. The minimum Gasteiger partial charge on any atom is -0.342 e. The molecule has 0 aromatic rings. The standard InChI is InChI=1S/C13H24N2O3S/c1-2-15(9-11-3-6-14-7-4-11)13(16)12-5-8-19(17,18)10-12/h11-12,14H,2-10H2,1H3. The van der Waals surface area contributed by atoms with Gasteiger partial charge in [-0.25, -0.2) is 8.42 Å². The molecule has 2 aliphatic heterocycles. The average molecular weight is 288 g/mol. The van der Waals surface area contributed by atoms with Crippen molar-refractivity contribution in [2.75, 3.05) is 37.7 Å². The van der Waals surface area contributed by atoms with Gasteiger partial charge in [0.05, 0.1) is 17.4 Å². The second-order valence-corrected chi connectivity index (χ2v) is 7.90. The first kappa shape index (κ1) is 14.8. The third-order valence-corrected chi connectivity index (χ3v) is 5.98. The molecule has 2 rings (SSSR count). The van der Waals surface area contributed by atoms with E-state index in [9.17, 15) is 13.2 Å². The molecule has 0 saturated carbocycles. The van der Waals surface area contributed by atoms with Crippen LogP contribution < -0.4 is 5.32 Å². The van der Waals surface area contributed by atoms with Gasteiger partial charge in [0.15, 0.2) is 9.84 Å². The second kappa shape index (κ2) is 6.22. The zero-order chi connectivity index (χ0) is 13.9. The van der Waals surface area contributed by atoms with Crippen molar-refractivity contribution >= 4 is 15.7 Å². The molecule has 0 aromatic carbocycles. The van der Waals surface area contributed by atoms with E-state index in [0.717, 1.165) is 32.5 Å². The molecule has 5 nitrogen and oxygen atoms in total. The molecule has 0 aliphatic carbocycles. The lowest BCUT2D eigenvalue weighted by Crippen LogP contribution is -2.42. The van der Waals surface area contributed by atoms with Crippen LogP contribution in [-0.2, 0) is 14.6 Å². The Bertz CT molecular complexity index is 416. The number of nitrogens with zero attached hydrogens (tertiary/aromatic N) is 1. The first-order chi connectivity index (χ1) is 9.02.